The van der Waals surface area contributed by atoms with Crippen LogP contribution in [0.25, 0.3) is 16.5 Å². The number of carbonyl (C=O) groups excluding carboxylic acids is 2. The van der Waals surface area contributed by atoms with E-state index in [4.69, 9.17) is 14.2 Å². The summed E-state index contributed by atoms with van der Waals surface area (Å²) in [6, 6.07) is 33.8. The van der Waals surface area contributed by atoms with E-state index in [1.54, 1.807) is 30.3 Å². The second kappa shape index (κ2) is 14.8. The van der Waals surface area contributed by atoms with Gasteiger partial charge in [-0.2, -0.15) is 0 Å². The Bertz CT molecular complexity index is 2370. The van der Waals surface area contributed by atoms with E-state index in [1.807, 2.05) is 68.4 Å². The van der Waals surface area contributed by atoms with Gasteiger partial charge in [-0.1, -0.05) is 102 Å². The number of aromatic nitrogens is 2. The van der Waals surface area contributed by atoms with Crippen LogP contribution in [0.4, 0.5) is 5.13 Å². The van der Waals surface area contributed by atoms with Crippen molar-refractivity contribution in [1.29, 1.82) is 0 Å². The Morgan fingerprint density at radius 2 is 1.74 bits per heavy atom. The SMILES string of the molecule is CCOc1cc([C@@H]2C(=C(O)c3ccc4c(c3)C[C@H](C)O4)C(=O)C(=O)N2c2nnc(SCc3cccc4ccccc34)s2)ccc1OCc1ccccc1. The van der Waals surface area contributed by atoms with Crippen LogP contribution in [0, 0.1) is 0 Å². The summed E-state index contributed by atoms with van der Waals surface area (Å²) in [5.74, 6) is 0.419. The molecule has 11 heteroatoms. The number of aliphatic hydroxyl groups excluding tert-OH is 1. The number of ketones is 1. The van der Waals surface area contributed by atoms with Crippen molar-refractivity contribution in [3.05, 3.63) is 143 Å². The summed E-state index contributed by atoms with van der Waals surface area (Å²) >= 11 is 2.73. The maximum Gasteiger partial charge on any atom is 0.301 e. The highest BCUT2D eigenvalue weighted by Crippen LogP contribution is 2.46. The van der Waals surface area contributed by atoms with Crippen LogP contribution in [-0.4, -0.2) is 39.7 Å². The van der Waals surface area contributed by atoms with Gasteiger partial charge in [0.1, 0.15) is 24.2 Å². The van der Waals surface area contributed by atoms with Gasteiger partial charge in [0, 0.05) is 17.7 Å². The standard InChI is InChI=1S/C42H35N3O6S2/c1-3-49-35-22-28(16-19-34(35)50-23-26-10-5-4-6-11-26)37-36(38(46)29-17-18-33-31(21-29)20-25(2)51-33)39(47)40(48)45(37)41-43-44-42(53-41)52-24-30-14-9-13-27-12-7-8-15-32(27)30/h4-19,21-22,25,37,46H,3,20,23-24H2,1-2H3/t25-,37+/m0/s1. The topological polar surface area (TPSA) is 111 Å². The smallest absolute Gasteiger partial charge is 0.301 e. The van der Waals surface area contributed by atoms with Gasteiger partial charge in [-0.25, -0.2) is 0 Å². The molecule has 2 aliphatic heterocycles. The van der Waals surface area contributed by atoms with E-state index in [2.05, 4.69) is 34.5 Å². The molecule has 0 aliphatic carbocycles. The Kier molecular flexibility index (Phi) is 9.59. The number of thioether (sulfide) groups is 1. The zero-order valence-corrected chi connectivity index (χ0v) is 30.7. The Labute approximate surface area is 314 Å². The minimum absolute atomic E-state index is 0.00216. The lowest BCUT2D eigenvalue weighted by molar-refractivity contribution is -0.132. The molecule has 3 heterocycles. The van der Waals surface area contributed by atoms with E-state index in [0.717, 1.165) is 33.2 Å². The maximum absolute atomic E-state index is 14.0. The molecule has 0 bridgehead atoms. The molecule has 1 fully saturated rings. The van der Waals surface area contributed by atoms with Gasteiger partial charge in [-0.3, -0.25) is 14.5 Å². The summed E-state index contributed by atoms with van der Waals surface area (Å²) in [4.78, 5) is 29.4. The van der Waals surface area contributed by atoms with E-state index in [9.17, 15) is 14.7 Å². The minimum atomic E-state index is -1.02. The lowest BCUT2D eigenvalue weighted by Gasteiger charge is -2.24. The maximum atomic E-state index is 14.0. The normalized spacial score (nSPS) is 17.6. The molecular formula is C42H35N3O6S2. The zero-order valence-electron chi connectivity index (χ0n) is 29.0. The quantitative estimate of drug-likeness (QED) is 0.0458. The van der Waals surface area contributed by atoms with Gasteiger partial charge in [0.25, 0.3) is 5.78 Å². The molecule has 9 nitrogen and oxygen atoms in total. The number of hydrogen-bond donors (Lipinski definition) is 1. The number of benzene rings is 5. The second-order valence-corrected chi connectivity index (χ2v) is 15.0. The van der Waals surface area contributed by atoms with Crippen molar-refractivity contribution in [2.45, 2.75) is 49.1 Å². The van der Waals surface area contributed by atoms with Crippen LogP contribution >= 0.6 is 23.1 Å². The lowest BCUT2D eigenvalue weighted by Crippen LogP contribution is -2.29. The first-order valence-corrected chi connectivity index (χ1v) is 19.2. The van der Waals surface area contributed by atoms with Gasteiger partial charge in [0.2, 0.25) is 5.13 Å². The van der Waals surface area contributed by atoms with E-state index >= 15 is 0 Å². The molecule has 0 spiro atoms. The number of aliphatic hydroxyl groups is 1. The molecule has 0 saturated carbocycles. The van der Waals surface area contributed by atoms with Crippen LogP contribution in [0.2, 0.25) is 0 Å². The van der Waals surface area contributed by atoms with Gasteiger partial charge >= 0.3 is 5.91 Å². The molecule has 2 atom stereocenters. The molecule has 1 amide bonds. The number of Topliss-reactive ketones (excluding diaryl/α,β-unsaturated/α-hetero) is 1. The first-order chi connectivity index (χ1) is 25.9. The Morgan fingerprint density at radius 1 is 0.925 bits per heavy atom. The van der Waals surface area contributed by atoms with Crippen molar-refractivity contribution in [3.8, 4) is 17.2 Å². The number of carbonyl (C=O) groups is 2. The first-order valence-electron chi connectivity index (χ1n) is 17.3. The molecule has 2 aliphatic rings. The number of anilines is 1. The van der Waals surface area contributed by atoms with Crippen LogP contribution in [0.3, 0.4) is 0 Å². The molecule has 1 aromatic heterocycles. The monoisotopic (exact) mass is 741 g/mol. The predicted octanol–water partition coefficient (Wildman–Crippen LogP) is 8.91. The van der Waals surface area contributed by atoms with E-state index in [1.165, 1.54) is 28.0 Å². The van der Waals surface area contributed by atoms with Crippen molar-refractivity contribution in [1.82, 2.24) is 10.2 Å². The van der Waals surface area contributed by atoms with Crippen LogP contribution < -0.4 is 19.1 Å². The van der Waals surface area contributed by atoms with Gasteiger partial charge < -0.3 is 19.3 Å². The molecule has 8 rings (SSSR count). The average Bonchev–Trinajstić information content (AvgIpc) is 3.88. The van der Waals surface area contributed by atoms with E-state index in [0.29, 0.717) is 52.4 Å². The number of fused-ring (bicyclic) bond motifs is 2. The van der Waals surface area contributed by atoms with Gasteiger partial charge in [0.05, 0.1) is 18.2 Å². The first kappa shape index (κ1) is 34.4. The number of rotatable bonds is 11. The van der Waals surface area contributed by atoms with Crippen molar-refractivity contribution >= 4 is 56.5 Å². The van der Waals surface area contributed by atoms with E-state index in [-0.39, 0.29) is 22.6 Å². The molecule has 1 N–H and O–H groups in total. The van der Waals surface area contributed by atoms with Crippen molar-refractivity contribution in [3.63, 3.8) is 0 Å². The van der Waals surface area contributed by atoms with Crippen molar-refractivity contribution in [2.75, 3.05) is 11.5 Å². The zero-order chi connectivity index (χ0) is 36.5. The highest BCUT2D eigenvalue weighted by atomic mass is 32.2. The Balaban J connectivity index is 1.17. The third kappa shape index (κ3) is 6.85. The number of amides is 1. The average molecular weight is 742 g/mol. The van der Waals surface area contributed by atoms with Crippen LogP contribution in [0.15, 0.2) is 119 Å². The summed E-state index contributed by atoms with van der Waals surface area (Å²) in [6.45, 7) is 4.53. The fourth-order valence-corrected chi connectivity index (χ4v) is 8.68. The predicted molar refractivity (Wildman–Crippen MR) is 207 cm³/mol. The van der Waals surface area contributed by atoms with Crippen molar-refractivity contribution < 1.29 is 28.9 Å². The minimum Gasteiger partial charge on any atom is -0.507 e. The highest BCUT2D eigenvalue weighted by molar-refractivity contribution is 8.00. The largest absolute Gasteiger partial charge is 0.507 e. The number of ether oxygens (including phenoxy) is 3. The van der Waals surface area contributed by atoms with Crippen LogP contribution in [0.1, 0.15) is 47.7 Å². The Hall–Kier alpha value is -5.65. The lowest BCUT2D eigenvalue weighted by atomic mass is 9.94. The summed E-state index contributed by atoms with van der Waals surface area (Å²) in [7, 11) is 0. The third-order valence-electron chi connectivity index (χ3n) is 9.27. The molecular weight excluding hydrogens is 707 g/mol. The molecule has 266 valence electrons. The summed E-state index contributed by atoms with van der Waals surface area (Å²) < 4.78 is 18.7. The van der Waals surface area contributed by atoms with E-state index < -0.39 is 17.7 Å². The molecule has 53 heavy (non-hydrogen) atoms. The van der Waals surface area contributed by atoms with Gasteiger partial charge in [-0.15, -0.1) is 10.2 Å². The molecule has 6 aromatic rings. The third-order valence-corrected chi connectivity index (χ3v) is 11.4. The fourth-order valence-electron chi connectivity index (χ4n) is 6.80. The molecule has 5 aromatic carbocycles. The van der Waals surface area contributed by atoms with Gasteiger partial charge in [-0.05, 0) is 77.2 Å². The van der Waals surface area contributed by atoms with Crippen LogP contribution in [0.5, 0.6) is 17.2 Å². The number of nitrogens with zero attached hydrogens (tertiary/aromatic N) is 3. The summed E-state index contributed by atoms with van der Waals surface area (Å²) in [5, 5.41) is 23.3. The summed E-state index contributed by atoms with van der Waals surface area (Å²) in [6.07, 6.45) is 0.665. The summed E-state index contributed by atoms with van der Waals surface area (Å²) in [5.41, 5.74) is 3.97. The fraction of sp³-hybridized carbons (Fsp3) is 0.190. The Morgan fingerprint density at radius 3 is 2.58 bits per heavy atom. The molecule has 0 unspecified atom stereocenters. The molecule has 0 radical (unpaired) electrons. The number of hydrogen-bond acceptors (Lipinski definition) is 10. The van der Waals surface area contributed by atoms with Gasteiger partial charge in [0.15, 0.2) is 15.8 Å². The van der Waals surface area contributed by atoms with Crippen molar-refractivity contribution in [2.24, 2.45) is 0 Å². The highest BCUT2D eigenvalue weighted by Gasteiger charge is 2.48. The molecule has 1 saturated heterocycles. The second-order valence-electron chi connectivity index (χ2n) is 12.8. The van der Waals surface area contributed by atoms with Crippen LogP contribution in [-0.2, 0) is 28.4 Å².